The zero-order valence-corrected chi connectivity index (χ0v) is 15.6. The van der Waals surface area contributed by atoms with Crippen LogP contribution in [-0.4, -0.2) is 37.7 Å². The van der Waals surface area contributed by atoms with Crippen LogP contribution in [0.4, 0.5) is 0 Å². The van der Waals surface area contributed by atoms with Gasteiger partial charge in [-0.2, -0.15) is 10.2 Å². The third-order valence-corrected chi connectivity index (χ3v) is 5.98. The maximum Gasteiger partial charge on any atom is 0.226 e. The maximum absolute atomic E-state index is 13.2. The quantitative estimate of drug-likeness (QED) is 0.715. The first-order valence-corrected chi connectivity index (χ1v) is 9.69. The van der Waals surface area contributed by atoms with E-state index in [4.69, 9.17) is 11.6 Å². The summed E-state index contributed by atoms with van der Waals surface area (Å²) in [5, 5.41) is 15.5. The number of H-pyrrole nitrogens is 2. The third kappa shape index (κ3) is 2.94. The minimum Gasteiger partial charge on any atom is -0.338 e. The van der Waals surface area contributed by atoms with Crippen molar-refractivity contribution in [3.05, 3.63) is 58.0 Å². The highest BCUT2D eigenvalue weighted by Crippen LogP contribution is 2.31. The number of halogens is 1. The topological polar surface area (TPSA) is 77.7 Å². The van der Waals surface area contributed by atoms with Crippen molar-refractivity contribution >= 4 is 17.5 Å². The second-order valence-electron chi connectivity index (χ2n) is 7.36. The van der Waals surface area contributed by atoms with Gasteiger partial charge in [-0.3, -0.25) is 15.0 Å². The summed E-state index contributed by atoms with van der Waals surface area (Å²) < 4.78 is 0. The number of aromatic nitrogens is 4. The number of carbonyl (C=O) groups excluding carboxylic acids is 1. The van der Waals surface area contributed by atoms with Crippen molar-refractivity contribution in [2.24, 2.45) is 5.92 Å². The van der Waals surface area contributed by atoms with E-state index in [1.54, 1.807) is 0 Å². The van der Waals surface area contributed by atoms with E-state index in [9.17, 15) is 4.79 Å². The normalized spacial score (nSPS) is 18.9. The average Bonchev–Trinajstić information content (AvgIpc) is 3.33. The Labute approximate surface area is 161 Å². The molecule has 0 fully saturated rings. The van der Waals surface area contributed by atoms with Crippen molar-refractivity contribution in [3.8, 4) is 11.3 Å². The molecule has 2 aliphatic rings. The molecule has 1 aromatic carbocycles. The number of nitrogens with one attached hydrogen (secondary N) is 2. The van der Waals surface area contributed by atoms with Gasteiger partial charge in [0.2, 0.25) is 5.91 Å². The molecule has 2 aromatic heterocycles. The maximum atomic E-state index is 13.2. The Morgan fingerprint density at radius 3 is 2.85 bits per heavy atom. The number of amides is 1. The van der Waals surface area contributed by atoms with Crippen molar-refractivity contribution in [1.82, 2.24) is 25.3 Å². The van der Waals surface area contributed by atoms with Crippen molar-refractivity contribution in [1.29, 1.82) is 0 Å². The number of carbonyl (C=O) groups is 1. The summed E-state index contributed by atoms with van der Waals surface area (Å²) in [6.45, 7) is 1.35. The molecule has 138 valence electrons. The van der Waals surface area contributed by atoms with Crippen LogP contribution in [-0.2, 0) is 30.6 Å². The Balaban J connectivity index is 1.37. The molecule has 1 aliphatic carbocycles. The molecule has 27 heavy (non-hydrogen) atoms. The van der Waals surface area contributed by atoms with Crippen LogP contribution in [0.2, 0.25) is 5.02 Å². The third-order valence-electron chi connectivity index (χ3n) is 5.73. The summed E-state index contributed by atoms with van der Waals surface area (Å²) in [6, 6.07) is 7.69. The van der Waals surface area contributed by atoms with E-state index in [0.717, 1.165) is 54.7 Å². The number of aryl methyl sites for hydroxylation is 1. The lowest BCUT2D eigenvalue weighted by molar-refractivity contribution is -0.136. The van der Waals surface area contributed by atoms with Gasteiger partial charge < -0.3 is 4.90 Å². The highest BCUT2D eigenvalue weighted by molar-refractivity contribution is 6.30. The van der Waals surface area contributed by atoms with Crippen LogP contribution in [0.5, 0.6) is 0 Å². The van der Waals surface area contributed by atoms with Gasteiger partial charge >= 0.3 is 0 Å². The zero-order valence-electron chi connectivity index (χ0n) is 14.8. The summed E-state index contributed by atoms with van der Waals surface area (Å²) in [6.07, 6.45) is 5.23. The Bertz CT molecular complexity index is 990. The number of nitrogens with zero attached hydrogens (tertiary/aromatic N) is 3. The van der Waals surface area contributed by atoms with Gasteiger partial charge in [0, 0.05) is 53.0 Å². The van der Waals surface area contributed by atoms with Crippen LogP contribution in [0.1, 0.15) is 28.9 Å². The number of hydrogen-bond donors (Lipinski definition) is 2. The zero-order chi connectivity index (χ0) is 18.4. The van der Waals surface area contributed by atoms with Crippen molar-refractivity contribution in [2.45, 2.75) is 32.2 Å². The molecule has 2 N–H and O–H groups in total. The number of benzene rings is 1. The van der Waals surface area contributed by atoms with E-state index < -0.39 is 0 Å². The van der Waals surface area contributed by atoms with Crippen molar-refractivity contribution in [2.75, 3.05) is 6.54 Å². The predicted molar refractivity (Wildman–Crippen MR) is 102 cm³/mol. The lowest BCUT2D eigenvalue weighted by Crippen LogP contribution is -2.41. The minimum atomic E-state index is 0.0440. The van der Waals surface area contributed by atoms with E-state index in [1.807, 2.05) is 35.4 Å². The molecule has 0 spiro atoms. The summed E-state index contributed by atoms with van der Waals surface area (Å²) in [4.78, 5) is 15.1. The monoisotopic (exact) mass is 381 g/mol. The minimum absolute atomic E-state index is 0.0440. The highest BCUT2D eigenvalue weighted by Gasteiger charge is 2.32. The molecular formula is C20H20ClN5O. The second-order valence-corrected chi connectivity index (χ2v) is 7.80. The van der Waals surface area contributed by atoms with Crippen LogP contribution in [0, 0.1) is 5.92 Å². The molecule has 3 aromatic rings. The molecule has 1 unspecified atom stereocenters. The Morgan fingerprint density at radius 2 is 2.00 bits per heavy atom. The Morgan fingerprint density at radius 1 is 1.15 bits per heavy atom. The van der Waals surface area contributed by atoms with E-state index in [1.165, 1.54) is 11.3 Å². The van der Waals surface area contributed by atoms with Gasteiger partial charge in [0.1, 0.15) is 0 Å². The summed E-state index contributed by atoms with van der Waals surface area (Å²) >= 11 is 6.01. The second kappa shape index (κ2) is 6.53. The first kappa shape index (κ1) is 16.6. The largest absolute Gasteiger partial charge is 0.338 e. The van der Waals surface area contributed by atoms with Crippen molar-refractivity contribution in [3.63, 3.8) is 0 Å². The first-order chi connectivity index (χ1) is 13.2. The Kier molecular flexibility index (Phi) is 4.01. The molecule has 0 saturated heterocycles. The molecule has 1 aliphatic heterocycles. The average molecular weight is 382 g/mol. The van der Waals surface area contributed by atoms with Gasteiger partial charge in [-0.1, -0.05) is 23.7 Å². The van der Waals surface area contributed by atoms with Gasteiger partial charge in [-0.05, 0) is 37.0 Å². The summed E-state index contributed by atoms with van der Waals surface area (Å²) in [5.74, 6) is 0.290. The molecule has 7 heteroatoms. The van der Waals surface area contributed by atoms with Crippen molar-refractivity contribution < 1.29 is 4.79 Å². The smallest absolute Gasteiger partial charge is 0.226 e. The fourth-order valence-electron chi connectivity index (χ4n) is 4.21. The van der Waals surface area contributed by atoms with Gasteiger partial charge in [-0.25, -0.2) is 0 Å². The van der Waals surface area contributed by atoms with Crippen LogP contribution >= 0.6 is 11.6 Å². The van der Waals surface area contributed by atoms with Gasteiger partial charge in [-0.15, -0.1) is 0 Å². The van der Waals surface area contributed by atoms with Crippen LogP contribution in [0.15, 0.2) is 30.5 Å². The standard InChI is InChI=1S/C20H20ClN5O/c21-15-4-1-12(2-5-15)19-16-11-26(8-7-18(16)24-25-19)20(27)13-3-6-17-14(9-13)10-22-23-17/h1-2,4-5,10,13H,3,6-9,11H2,(H,22,23)(H,24,25). The van der Waals surface area contributed by atoms with Crippen LogP contribution in [0.3, 0.4) is 0 Å². The van der Waals surface area contributed by atoms with E-state index in [-0.39, 0.29) is 11.8 Å². The molecule has 1 atom stereocenters. The van der Waals surface area contributed by atoms with Gasteiger partial charge in [0.25, 0.3) is 0 Å². The van der Waals surface area contributed by atoms with Gasteiger partial charge in [0.05, 0.1) is 11.9 Å². The SMILES string of the molecule is O=C(C1CCc2[nH]ncc2C1)N1CCc2[nH]nc(-c3ccc(Cl)cc3)c2C1. The summed E-state index contributed by atoms with van der Waals surface area (Å²) in [5.41, 5.74) is 6.55. The number of fused-ring (bicyclic) bond motifs is 2. The number of rotatable bonds is 2. The number of aromatic amines is 2. The van der Waals surface area contributed by atoms with E-state index in [2.05, 4.69) is 20.4 Å². The predicted octanol–water partition coefficient (Wildman–Crippen LogP) is 3.14. The van der Waals surface area contributed by atoms with E-state index >= 15 is 0 Å². The molecule has 0 bridgehead atoms. The van der Waals surface area contributed by atoms with Gasteiger partial charge in [0.15, 0.2) is 0 Å². The summed E-state index contributed by atoms with van der Waals surface area (Å²) in [7, 11) is 0. The highest BCUT2D eigenvalue weighted by atomic mass is 35.5. The lowest BCUT2D eigenvalue weighted by atomic mass is 9.86. The number of hydrogen-bond acceptors (Lipinski definition) is 3. The molecule has 1 amide bonds. The van der Waals surface area contributed by atoms with Crippen LogP contribution < -0.4 is 0 Å². The Hall–Kier alpha value is -2.60. The molecule has 0 radical (unpaired) electrons. The molecule has 6 nitrogen and oxygen atoms in total. The molecule has 3 heterocycles. The lowest BCUT2D eigenvalue weighted by Gasteiger charge is -2.32. The van der Waals surface area contributed by atoms with E-state index in [0.29, 0.717) is 11.6 Å². The fraction of sp³-hybridized carbons (Fsp3) is 0.350. The fourth-order valence-corrected chi connectivity index (χ4v) is 4.34. The molecular weight excluding hydrogens is 362 g/mol. The molecule has 0 saturated carbocycles. The molecule has 5 rings (SSSR count). The first-order valence-electron chi connectivity index (χ1n) is 9.31. The van der Waals surface area contributed by atoms with Crippen LogP contribution in [0.25, 0.3) is 11.3 Å².